The van der Waals surface area contributed by atoms with Gasteiger partial charge < -0.3 is 9.73 Å². The molecule has 1 aromatic carbocycles. The topological polar surface area (TPSA) is 51.0 Å². The Bertz CT molecular complexity index is 598. The minimum absolute atomic E-state index is 0.584. The minimum Gasteiger partial charge on any atom is -0.421 e. The lowest BCUT2D eigenvalue weighted by molar-refractivity contribution is 0.490. The van der Waals surface area contributed by atoms with Crippen molar-refractivity contribution in [3.63, 3.8) is 0 Å². The lowest BCUT2D eigenvalue weighted by Crippen LogP contribution is -2.17. The molecule has 20 heavy (non-hydrogen) atoms. The zero-order valence-electron chi connectivity index (χ0n) is 10.9. The molecule has 2 aromatic rings. The first kappa shape index (κ1) is 14.5. The zero-order valence-corrected chi connectivity index (χ0v) is 14.6. The molecule has 1 saturated carbocycles. The first-order valence-corrected chi connectivity index (χ1v) is 8.61. The highest BCUT2D eigenvalue weighted by atomic mass is 127. The lowest BCUT2D eigenvalue weighted by atomic mass is 10.2. The van der Waals surface area contributed by atoms with E-state index >= 15 is 0 Å². The Balaban J connectivity index is 1.61. The van der Waals surface area contributed by atoms with Crippen LogP contribution in [-0.2, 0) is 6.42 Å². The van der Waals surface area contributed by atoms with E-state index in [9.17, 15) is 0 Å². The first-order valence-electron chi connectivity index (χ1n) is 6.73. The number of benzene rings is 1. The molecule has 0 bridgehead atoms. The molecule has 0 saturated heterocycles. The molecule has 0 atom stereocenters. The minimum atomic E-state index is 0.584. The summed E-state index contributed by atoms with van der Waals surface area (Å²) in [4.78, 5) is 0. The van der Waals surface area contributed by atoms with Gasteiger partial charge in [0.2, 0.25) is 11.8 Å². The smallest absolute Gasteiger partial charge is 0.248 e. The third-order valence-corrected chi connectivity index (χ3v) is 4.57. The van der Waals surface area contributed by atoms with Gasteiger partial charge in [-0.2, -0.15) is 0 Å². The summed E-state index contributed by atoms with van der Waals surface area (Å²) in [5, 5.41) is 11.8. The average molecular weight is 448 g/mol. The molecular weight excluding hydrogens is 433 g/mol. The molecule has 1 aliphatic carbocycles. The Labute approximate surface area is 140 Å². The van der Waals surface area contributed by atoms with E-state index in [0.29, 0.717) is 11.8 Å². The molecule has 1 aromatic heterocycles. The molecule has 1 N–H and O–H groups in total. The van der Waals surface area contributed by atoms with Crippen molar-refractivity contribution in [2.45, 2.75) is 31.7 Å². The number of hydrogen-bond donors (Lipinski definition) is 1. The molecule has 1 aliphatic rings. The van der Waals surface area contributed by atoms with Crippen molar-refractivity contribution in [2.75, 3.05) is 6.54 Å². The molecule has 106 valence electrons. The van der Waals surface area contributed by atoms with Crippen molar-refractivity contribution in [1.82, 2.24) is 15.5 Å². The van der Waals surface area contributed by atoms with Crippen LogP contribution in [0.3, 0.4) is 0 Å². The SMILES string of the molecule is Brc1ccc(I)cc1-c1nnc(CCCNC2CC2)o1. The summed E-state index contributed by atoms with van der Waals surface area (Å²) in [5.41, 5.74) is 0.951. The van der Waals surface area contributed by atoms with Gasteiger partial charge in [-0.1, -0.05) is 0 Å². The van der Waals surface area contributed by atoms with E-state index in [4.69, 9.17) is 4.42 Å². The van der Waals surface area contributed by atoms with Gasteiger partial charge in [0, 0.05) is 20.5 Å². The monoisotopic (exact) mass is 447 g/mol. The lowest BCUT2D eigenvalue weighted by Gasteiger charge is -2.00. The number of hydrogen-bond acceptors (Lipinski definition) is 4. The fraction of sp³-hybridized carbons (Fsp3) is 0.429. The molecule has 0 radical (unpaired) electrons. The van der Waals surface area contributed by atoms with Crippen LogP contribution < -0.4 is 5.32 Å². The van der Waals surface area contributed by atoms with E-state index in [1.54, 1.807) is 0 Å². The molecule has 4 nitrogen and oxygen atoms in total. The number of rotatable bonds is 6. The normalized spacial score (nSPS) is 14.7. The van der Waals surface area contributed by atoms with Crippen molar-refractivity contribution < 1.29 is 4.42 Å². The molecule has 0 amide bonds. The quantitative estimate of drug-likeness (QED) is 0.540. The van der Waals surface area contributed by atoms with Gasteiger partial charge in [0.25, 0.3) is 0 Å². The maximum Gasteiger partial charge on any atom is 0.248 e. The Hall–Kier alpha value is -0.470. The summed E-state index contributed by atoms with van der Waals surface area (Å²) >= 11 is 5.80. The van der Waals surface area contributed by atoms with Gasteiger partial charge in [0.1, 0.15) is 0 Å². The second-order valence-electron chi connectivity index (χ2n) is 4.96. The summed E-state index contributed by atoms with van der Waals surface area (Å²) in [6.07, 6.45) is 4.51. The first-order chi connectivity index (χ1) is 9.72. The standard InChI is InChI=1S/C14H15BrIN3O/c15-12-6-3-9(16)8-11(12)14-19-18-13(20-14)2-1-7-17-10-4-5-10/h3,6,8,10,17H,1-2,4-5,7H2. The fourth-order valence-electron chi connectivity index (χ4n) is 1.96. The van der Waals surface area contributed by atoms with Gasteiger partial charge in [-0.15, -0.1) is 10.2 Å². The molecule has 6 heteroatoms. The van der Waals surface area contributed by atoms with E-state index in [1.165, 1.54) is 12.8 Å². The molecular formula is C14H15BrIN3O. The Morgan fingerprint density at radius 1 is 1.35 bits per heavy atom. The molecule has 1 fully saturated rings. The van der Waals surface area contributed by atoms with E-state index < -0.39 is 0 Å². The van der Waals surface area contributed by atoms with E-state index in [0.717, 1.165) is 39.0 Å². The van der Waals surface area contributed by atoms with Crippen LogP contribution in [0.2, 0.25) is 0 Å². The summed E-state index contributed by atoms with van der Waals surface area (Å²) in [6, 6.07) is 6.84. The fourth-order valence-corrected chi connectivity index (χ4v) is 2.87. The zero-order chi connectivity index (χ0) is 13.9. The Morgan fingerprint density at radius 3 is 3.00 bits per heavy atom. The van der Waals surface area contributed by atoms with Crippen LogP contribution in [0.25, 0.3) is 11.5 Å². The predicted molar refractivity (Wildman–Crippen MR) is 89.5 cm³/mol. The van der Waals surface area contributed by atoms with Gasteiger partial charge in [0.05, 0.1) is 5.56 Å². The van der Waals surface area contributed by atoms with E-state index in [-0.39, 0.29) is 0 Å². The van der Waals surface area contributed by atoms with Crippen LogP contribution in [0.1, 0.15) is 25.2 Å². The molecule has 3 rings (SSSR count). The maximum atomic E-state index is 5.74. The predicted octanol–water partition coefficient (Wildman–Crippen LogP) is 3.79. The van der Waals surface area contributed by atoms with E-state index in [2.05, 4.69) is 54.0 Å². The van der Waals surface area contributed by atoms with Crippen LogP contribution in [-0.4, -0.2) is 22.8 Å². The van der Waals surface area contributed by atoms with Gasteiger partial charge in [-0.25, -0.2) is 0 Å². The summed E-state index contributed by atoms with van der Waals surface area (Å²) < 4.78 is 7.87. The van der Waals surface area contributed by atoms with Crippen LogP contribution in [0, 0.1) is 3.57 Å². The summed E-state index contributed by atoms with van der Waals surface area (Å²) in [7, 11) is 0. The van der Waals surface area contributed by atoms with Crippen LogP contribution in [0.15, 0.2) is 27.1 Å². The van der Waals surface area contributed by atoms with Gasteiger partial charge >= 0.3 is 0 Å². The highest BCUT2D eigenvalue weighted by molar-refractivity contribution is 14.1. The van der Waals surface area contributed by atoms with Crippen molar-refractivity contribution >= 4 is 38.5 Å². The molecule has 0 aliphatic heterocycles. The largest absolute Gasteiger partial charge is 0.421 e. The number of halogens is 2. The van der Waals surface area contributed by atoms with Crippen molar-refractivity contribution in [2.24, 2.45) is 0 Å². The number of aryl methyl sites for hydroxylation is 1. The van der Waals surface area contributed by atoms with E-state index in [1.807, 2.05) is 18.2 Å². The maximum absolute atomic E-state index is 5.74. The van der Waals surface area contributed by atoms with Gasteiger partial charge in [-0.3, -0.25) is 0 Å². The summed E-state index contributed by atoms with van der Waals surface area (Å²) in [6.45, 7) is 1.02. The second kappa shape index (κ2) is 6.53. The number of aromatic nitrogens is 2. The highest BCUT2D eigenvalue weighted by Crippen LogP contribution is 2.29. The van der Waals surface area contributed by atoms with Gasteiger partial charge in [-0.05, 0) is 82.5 Å². The third-order valence-electron chi connectivity index (χ3n) is 3.20. The Kier molecular flexibility index (Phi) is 4.72. The molecule has 0 unspecified atom stereocenters. The van der Waals surface area contributed by atoms with Crippen LogP contribution in [0.4, 0.5) is 0 Å². The van der Waals surface area contributed by atoms with Crippen molar-refractivity contribution in [3.8, 4) is 11.5 Å². The molecule has 1 heterocycles. The number of nitrogens with one attached hydrogen (secondary N) is 1. The summed E-state index contributed by atoms with van der Waals surface area (Å²) in [5.74, 6) is 1.30. The van der Waals surface area contributed by atoms with Crippen LogP contribution >= 0.6 is 38.5 Å². The highest BCUT2D eigenvalue weighted by Gasteiger charge is 2.19. The van der Waals surface area contributed by atoms with Crippen molar-refractivity contribution in [3.05, 3.63) is 32.1 Å². The molecule has 0 spiro atoms. The van der Waals surface area contributed by atoms with Gasteiger partial charge in [0.15, 0.2) is 0 Å². The second-order valence-corrected chi connectivity index (χ2v) is 7.06. The Morgan fingerprint density at radius 2 is 2.20 bits per heavy atom. The number of nitrogens with zero attached hydrogens (tertiary/aromatic N) is 2. The van der Waals surface area contributed by atoms with Crippen molar-refractivity contribution in [1.29, 1.82) is 0 Å². The van der Waals surface area contributed by atoms with Crippen LogP contribution in [0.5, 0.6) is 0 Å². The third kappa shape index (κ3) is 3.79. The average Bonchev–Trinajstić information content (AvgIpc) is 3.15.